The lowest BCUT2D eigenvalue weighted by molar-refractivity contribution is 0.254. The van der Waals surface area contributed by atoms with Crippen LogP contribution in [0, 0.1) is 5.82 Å². The van der Waals surface area contributed by atoms with Gasteiger partial charge in [-0.25, -0.2) is 14.4 Å². The number of hydrogen-bond acceptors (Lipinski definition) is 4. The van der Waals surface area contributed by atoms with Crippen molar-refractivity contribution in [3.8, 4) is 0 Å². The molecule has 0 spiro atoms. The van der Waals surface area contributed by atoms with Crippen molar-refractivity contribution in [2.45, 2.75) is 31.3 Å². The van der Waals surface area contributed by atoms with Crippen molar-refractivity contribution in [3.63, 3.8) is 0 Å². The van der Waals surface area contributed by atoms with Gasteiger partial charge in [-0.05, 0) is 38.4 Å². The summed E-state index contributed by atoms with van der Waals surface area (Å²) in [6.45, 7) is 1.95. The van der Waals surface area contributed by atoms with Crippen molar-refractivity contribution in [2.24, 2.45) is 0 Å². The number of para-hydroxylation sites is 1. The number of anilines is 1. The van der Waals surface area contributed by atoms with E-state index in [0.29, 0.717) is 17.6 Å². The van der Waals surface area contributed by atoms with Crippen LogP contribution in [0.5, 0.6) is 0 Å². The van der Waals surface area contributed by atoms with Crippen molar-refractivity contribution in [3.05, 3.63) is 30.3 Å². The first-order valence-electron chi connectivity index (χ1n) is 7.60. The molecule has 1 aromatic carbocycles. The first kappa shape index (κ1) is 13.0. The minimum Gasteiger partial charge on any atom is -0.354 e. The smallest absolute Gasteiger partial charge is 0.149 e. The van der Waals surface area contributed by atoms with E-state index in [0.717, 1.165) is 30.7 Å². The number of benzene rings is 1. The molecule has 5 heteroatoms. The van der Waals surface area contributed by atoms with E-state index < -0.39 is 0 Å². The molecule has 2 aliphatic rings. The van der Waals surface area contributed by atoms with Gasteiger partial charge < -0.3 is 4.90 Å². The first-order valence-corrected chi connectivity index (χ1v) is 7.60. The van der Waals surface area contributed by atoms with Crippen LogP contribution < -0.4 is 4.90 Å². The van der Waals surface area contributed by atoms with Gasteiger partial charge in [0.15, 0.2) is 0 Å². The van der Waals surface area contributed by atoms with Crippen LogP contribution >= 0.6 is 0 Å². The molecule has 2 aromatic rings. The molecule has 2 unspecified atom stereocenters. The molecule has 3 heterocycles. The van der Waals surface area contributed by atoms with Gasteiger partial charge in [-0.2, -0.15) is 0 Å². The third kappa shape index (κ3) is 2.07. The molecule has 2 atom stereocenters. The molecule has 0 radical (unpaired) electrons. The molecule has 1 aromatic heterocycles. The molecular weight excluding hydrogens is 267 g/mol. The molecule has 110 valence electrons. The van der Waals surface area contributed by atoms with Gasteiger partial charge in [0.2, 0.25) is 0 Å². The Morgan fingerprint density at radius 2 is 2.00 bits per heavy atom. The number of hydrogen-bond donors (Lipinski definition) is 0. The average molecular weight is 286 g/mol. The molecule has 21 heavy (non-hydrogen) atoms. The Labute approximate surface area is 123 Å². The molecule has 2 fully saturated rings. The summed E-state index contributed by atoms with van der Waals surface area (Å²) in [6.07, 6.45) is 5.17. The molecule has 4 rings (SSSR count). The monoisotopic (exact) mass is 286 g/mol. The fraction of sp³-hybridized carbons (Fsp3) is 0.500. The van der Waals surface area contributed by atoms with Crippen LogP contribution in [-0.4, -0.2) is 47.1 Å². The van der Waals surface area contributed by atoms with Crippen molar-refractivity contribution >= 4 is 16.7 Å². The highest BCUT2D eigenvalue weighted by atomic mass is 19.1. The van der Waals surface area contributed by atoms with Gasteiger partial charge in [0, 0.05) is 30.6 Å². The highest BCUT2D eigenvalue weighted by Gasteiger charge is 2.35. The van der Waals surface area contributed by atoms with E-state index in [2.05, 4.69) is 26.8 Å². The lowest BCUT2D eigenvalue weighted by Crippen LogP contribution is -2.37. The summed E-state index contributed by atoms with van der Waals surface area (Å²) in [5.41, 5.74) is 0.422. The van der Waals surface area contributed by atoms with Crippen LogP contribution in [0.3, 0.4) is 0 Å². The predicted molar refractivity (Wildman–Crippen MR) is 80.9 cm³/mol. The lowest BCUT2D eigenvalue weighted by Gasteiger charge is -2.27. The van der Waals surface area contributed by atoms with E-state index >= 15 is 0 Å². The Balaban J connectivity index is 1.75. The predicted octanol–water partition coefficient (Wildman–Crippen LogP) is 2.44. The Hall–Kier alpha value is -1.75. The Morgan fingerprint density at radius 3 is 2.90 bits per heavy atom. The zero-order valence-electron chi connectivity index (χ0n) is 12.2. The van der Waals surface area contributed by atoms with Gasteiger partial charge in [-0.3, -0.25) is 4.90 Å². The second-order valence-electron chi connectivity index (χ2n) is 6.12. The average Bonchev–Trinajstić information content (AvgIpc) is 2.73. The molecule has 2 bridgehead atoms. The normalized spacial score (nSPS) is 26.3. The molecule has 2 aliphatic heterocycles. The molecule has 0 N–H and O–H groups in total. The van der Waals surface area contributed by atoms with E-state index in [1.807, 2.05) is 6.07 Å². The maximum Gasteiger partial charge on any atom is 0.149 e. The van der Waals surface area contributed by atoms with Gasteiger partial charge >= 0.3 is 0 Å². The fourth-order valence-electron chi connectivity index (χ4n) is 3.79. The van der Waals surface area contributed by atoms with Crippen LogP contribution in [0.15, 0.2) is 24.5 Å². The number of halogens is 1. The van der Waals surface area contributed by atoms with Crippen LogP contribution in [0.1, 0.15) is 19.3 Å². The lowest BCUT2D eigenvalue weighted by atomic mass is 10.1. The maximum absolute atomic E-state index is 13.9. The summed E-state index contributed by atoms with van der Waals surface area (Å²) in [5.74, 6) is 0.602. The van der Waals surface area contributed by atoms with Gasteiger partial charge in [0.1, 0.15) is 23.5 Å². The van der Waals surface area contributed by atoms with Crippen LogP contribution in [-0.2, 0) is 0 Å². The topological polar surface area (TPSA) is 32.3 Å². The standard InChI is InChI=1S/C16H19FN4/c1-20-11-5-6-12(20)9-21(8-7-11)16-13-3-2-4-14(17)15(13)18-10-19-16/h2-4,10-12H,5-9H2,1H3. The molecule has 2 saturated heterocycles. The van der Waals surface area contributed by atoms with E-state index in [1.165, 1.54) is 25.2 Å². The molecular formula is C16H19FN4. The summed E-state index contributed by atoms with van der Waals surface area (Å²) in [5, 5.41) is 0.818. The summed E-state index contributed by atoms with van der Waals surface area (Å²) in [7, 11) is 2.23. The number of aromatic nitrogens is 2. The summed E-state index contributed by atoms with van der Waals surface area (Å²) < 4.78 is 13.9. The fourth-order valence-corrected chi connectivity index (χ4v) is 3.79. The largest absolute Gasteiger partial charge is 0.354 e. The zero-order chi connectivity index (χ0) is 14.4. The third-order valence-electron chi connectivity index (χ3n) is 5.04. The highest BCUT2D eigenvalue weighted by molar-refractivity contribution is 5.89. The molecule has 4 nitrogen and oxygen atoms in total. The second-order valence-corrected chi connectivity index (χ2v) is 6.12. The van der Waals surface area contributed by atoms with Crippen molar-refractivity contribution < 1.29 is 4.39 Å². The van der Waals surface area contributed by atoms with Crippen molar-refractivity contribution in [1.82, 2.24) is 14.9 Å². The second kappa shape index (κ2) is 4.91. The molecule has 0 aliphatic carbocycles. The van der Waals surface area contributed by atoms with Gasteiger partial charge in [-0.1, -0.05) is 6.07 Å². The zero-order valence-corrected chi connectivity index (χ0v) is 12.2. The Morgan fingerprint density at radius 1 is 1.14 bits per heavy atom. The van der Waals surface area contributed by atoms with Crippen LogP contribution in [0.2, 0.25) is 0 Å². The minimum atomic E-state index is -0.274. The number of likely N-dealkylation sites (N-methyl/N-ethyl adjacent to an activating group) is 1. The van der Waals surface area contributed by atoms with Gasteiger partial charge in [0.05, 0.1) is 0 Å². The van der Waals surface area contributed by atoms with E-state index in [4.69, 9.17) is 0 Å². The minimum absolute atomic E-state index is 0.274. The Bertz CT molecular complexity index is 674. The van der Waals surface area contributed by atoms with Crippen LogP contribution in [0.25, 0.3) is 10.9 Å². The van der Waals surface area contributed by atoms with Crippen LogP contribution in [0.4, 0.5) is 10.2 Å². The van der Waals surface area contributed by atoms with Gasteiger partial charge in [-0.15, -0.1) is 0 Å². The van der Waals surface area contributed by atoms with E-state index in [-0.39, 0.29) is 5.82 Å². The Kier molecular flexibility index (Phi) is 3.03. The van der Waals surface area contributed by atoms with Crippen molar-refractivity contribution in [1.29, 1.82) is 0 Å². The third-order valence-corrected chi connectivity index (χ3v) is 5.04. The summed E-state index contributed by atoms with van der Waals surface area (Å²) in [6, 6.07) is 6.37. The SMILES string of the molecule is CN1C2CCC1CN(c1ncnc3c(F)cccc13)CC2. The van der Waals surface area contributed by atoms with E-state index in [9.17, 15) is 4.39 Å². The molecule has 0 saturated carbocycles. The number of nitrogens with zero attached hydrogens (tertiary/aromatic N) is 4. The first-order chi connectivity index (χ1) is 10.2. The van der Waals surface area contributed by atoms with E-state index in [1.54, 1.807) is 6.07 Å². The highest BCUT2D eigenvalue weighted by Crippen LogP contribution is 2.32. The molecule has 0 amide bonds. The summed E-state index contributed by atoms with van der Waals surface area (Å²) in [4.78, 5) is 13.4. The summed E-state index contributed by atoms with van der Waals surface area (Å²) >= 11 is 0. The number of fused-ring (bicyclic) bond motifs is 3. The maximum atomic E-state index is 13.9. The quantitative estimate of drug-likeness (QED) is 0.806. The van der Waals surface area contributed by atoms with Crippen molar-refractivity contribution in [2.75, 3.05) is 25.0 Å². The van der Waals surface area contributed by atoms with Gasteiger partial charge in [0.25, 0.3) is 0 Å². The number of rotatable bonds is 1.